The van der Waals surface area contributed by atoms with Crippen LogP contribution in [0.15, 0.2) is 165 Å². The average Bonchev–Trinajstić information content (AvgIpc) is 4.21. The average molecular weight is 972 g/mol. The predicted molar refractivity (Wildman–Crippen MR) is 257 cm³/mol. The zero-order valence-corrected chi connectivity index (χ0v) is 38.0. The van der Waals surface area contributed by atoms with Crippen LogP contribution in [0.5, 0.6) is 0 Å². The quantitative estimate of drug-likeness (QED) is 0.0902. The minimum Gasteiger partial charge on any atom is -0.475 e. The van der Waals surface area contributed by atoms with Crippen molar-refractivity contribution < 1.29 is 23.5 Å². The highest BCUT2D eigenvalue weighted by molar-refractivity contribution is 7.16. The Hall–Kier alpha value is -7.70. The third kappa shape index (κ3) is 12.2. The van der Waals surface area contributed by atoms with Crippen molar-refractivity contribution in [2.75, 3.05) is 0 Å². The van der Waals surface area contributed by atoms with Gasteiger partial charge in [0.1, 0.15) is 0 Å². The van der Waals surface area contributed by atoms with Crippen LogP contribution in [0.4, 0.5) is 0 Å². The molecule has 0 bridgehead atoms. The topological polar surface area (TPSA) is 219 Å². The van der Waals surface area contributed by atoms with Gasteiger partial charge in [0.05, 0.1) is 44.0 Å². The maximum atomic E-state index is 13.1. The van der Waals surface area contributed by atoms with Gasteiger partial charge in [-0.25, -0.2) is 4.79 Å². The maximum absolute atomic E-state index is 13.1. The first-order valence-corrected chi connectivity index (χ1v) is 22.7. The molecule has 10 rings (SSSR count). The molecule has 10 aromatic rings. The smallest absolute Gasteiger partial charge is 0.371 e. The van der Waals surface area contributed by atoms with Crippen molar-refractivity contribution in [3.05, 3.63) is 209 Å². The molecule has 0 radical (unpaired) electrons. The number of carboxylic acids is 1. The van der Waals surface area contributed by atoms with E-state index < -0.39 is 5.97 Å². The number of furan rings is 2. The SMILES string of the molecule is O=C(O)c1ccco1.O=C(c1ccco1)n1nc(-c2cc(-c3cccnc3)[nH]c(=O)c2)cc1CCc1ccc(Cl)s1.O=c1cc(-c2cc(CCc3ccc(Cl)s3)[nH]n2)cc(-c2cccnc2)[nH]1. The number of H-pyrrole nitrogens is 3. The van der Waals surface area contributed by atoms with Crippen LogP contribution < -0.4 is 11.1 Å². The highest BCUT2D eigenvalue weighted by Crippen LogP contribution is 2.28. The van der Waals surface area contributed by atoms with E-state index in [0.29, 0.717) is 35.5 Å². The van der Waals surface area contributed by atoms with Gasteiger partial charge in [-0.1, -0.05) is 23.2 Å². The number of aromatic amines is 3. The standard InChI is InChI=1S/C24H17ClN4O3S.C19H15ClN4OS.C5H4O3/c25-22-8-7-18(33-22)6-5-17-13-20(28-29(17)24(31)21-4-2-10-32-21)16-11-19(27-23(30)12-16)15-3-1-9-26-14-15;20-18-6-5-15(26-18)4-3-14-10-17(24-23-14)13-8-16(22-19(25)9-13)12-2-1-7-21-11-12;6-5(7)4-2-1-3-8-4/h1-4,7-14H,5-6H2,(H,27,30);1-2,5-11H,3-4H2,(H,22,25)(H,23,24);1-3H,(H,6,7). The molecule has 10 heterocycles. The maximum Gasteiger partial charge on any atom is 0.371 e. The summed E-state index contributed by atoms with van der Waals surface area (Å²) in [5, 5.41) is 20.1. The van der Waals surface area contributed by atoms with Gasteiger partial charge in [-0.15, -0.1) is 22.7 Å². The van der Waals surface area contributed by atoms with Gasteiger partial charge in [-0.3, -0.25) is 29.5 Å². The fourth-order valence-electron chi connectivity index (χ4n) is 6.68. The van der Waals surface area contributed by atoms with E-state index in [1.807, 2.05) is 66.7 Å². The van der Waals surface area contributed by atoms with Gasteiger partial charge >= 0.3 is 11.9 Å². The Kier molecular flexibility index (Phi) is 14.7. The van der Waals surface area contributed by atoms with E-state index in [4.69, 9.17) is 32.7 Å². The van der Waals surface area contributed by atoms with Gasteiger partial charge < -0.3 is 23.9 Å². The largest absolute Gasteiger partial charge is 0.475 e. The van der Waals surface area contributed by atoms with Crippen LogP contribution in [0.2, 0.25) is 8.67 Å². The van der Waals surface area contributed by atoms with Gasteiger partial charge in [0, 0.05) is 80.3 Å². The van der Waals surface area contributed by atoms with Crippen LogP contribution in [0.1, 0.15) is 42.3 Å². The molecule has 4 N–H and O–H groups in total. The van der Waals surface area contributed by atoms with Crippen molar-refractivity contribution in [1.29, 1.82) is 0 Å². The molecule has 10 aromatic heterocycles. The summed E-state index contributed by atoms with van der Waals surface area (Å²) in [6.07, 6.45) is 12.5. The lowest BCUT2D eigenvalue weighted by molar-refractivity contribution is 0.0662. The van der Waals surface area contributed by atoms with E-state index in [2.05, 4.69) is 39.6 Å². The van der Waals surface area contributed by atoms with Crippen molar-refractivity contribution in [3.63, 3.8) is 0 Å². The Bertz CT molecular complexity index is 3340. The summed E-state index contributed by atoms with van der Waals surface area (Å²) in [6, 6.07) is 31.9. The number of carboxylic acid groups (broad SMARTS) is 1. The molecule has 0 aromatic carbocycles. The summed E-state index contributed by atoms with van der Waals surface area (Å²) < 4.78 is 12.7. The Morgan fingerprint density at radius 1 is 0.627 bits per heavy atom. The predicted octanol–water partition coefficient (Wildman–Crippen LogP) is 10.4. The van der Waals surface area contributed by atoms with Crippen LogP contribution in [-0.2, 0) is 25.7 Å². The fraction of sp³-hybridized carbons (Fsp3) is 0.0833. The summed E-state index contributed by atoms with van der Waals surface area (Å²) >= 11 is 15.1. The lowest BCUT2D eigenvalue weighted by atomic mass is 10.1. The van der Waals surface area contributed by atoms with Crippen molar-refractivity contribution >= 4 is 57.8 Å². The lowest BCUT2D eigenvalue weighted by Crippen LogP contribution is -2.16. The molecule has 67 heavy (non-hydrogen) atoms. The van der Waals surface area contributed by atoms with E-state index in [9.17, 15) is 19.2 Å². The zero-order valence-electron chi connectivity index (χ0n) is 34.9. The Morgan fingerprint density at radius 3 is 1.69 bits per heavy atom. The second kappa shape index (κ2) is 21.5. The number of nitrogens with one attached hydrogen (secondary N) is 3. The first-order valence-electron chi connectivity index (χ1n) is 20.3. The summed E-state index contributed by atoms with van der Waals surface area (Å²) in [5.74, 6) is -1.24. The molecule has 15 nitrogen and oxygen atoms in total. The number of carbonyl (C=O) groups is 2. The van der Waals surface area contributed by atoms with Gasteiger partial charge in [-0.2, -0.15) is 14.9 Å². The molecule has 0 unspecified atom stereocenters. The summed E-state index contributed by atoms with van der Waals surface area (Å²) in [6.45, 7) is 0. The second-order valence-corrected chi connectivity index (χ2v) is 18.1. The van der Waals surface area contributed by atoms with Crippen molar-refractivity contribution in [3.8, 4) is 45.0 Å². The fourth-order valence-corrected chi connectivity index (χ4v) is 8.85. The summed E-state index contributed by atoms with van der Waals surface area (Å²) in [4.78, 5) is 63.7. The number of hydrogen-bond acceptors (Lipinski definition) is 12. The van der Waals surface area contributed by atoms with Crippen molar-refractivity contribution in [1.82, 2.24) is 39.9 Å². The Balaban J connectivity index is 0.000000159. The lowest BCUT2D eigenvalue weighted by Gasteiger charge is -2.04. The summed E-state index contributed by atoms with van der Waals surface area (Å²) in [5.41, 5.74) is 6.91. The van der Waals surface area contributed by atoms with E-state index in [-0.39, 0.29) is 28.5 Å². The number of aryl methyl sites for hydroxylation is 4. The molecule has 0 atom stereocenters. The first kappa shape index (κ1) is 45.9. The number of rotatable bonds is 12. The highest BCUT2D eigenvalue weighted by Gasteiger charge is 2.20. The third-order valence-electron chi connectivity index (χ3n) is 9.82. The minimum absolute atomic E-state index is 0.0231. The van der Waals surface area contributed by atoms with E-state index >= 15 is 0 Å². The molecule has 0 amide bonds. The number of aromatic carboxylic acids is 1. The van der Waals surface area contributed by atoms with Crippen LogP contribution in [0.25, 0.3) is 45.0 Å². The zero-order chi connectivity index (χ0) is 46.7. The number of carbonyl (C=O) groups excluding carboxylic acids is 1. The van der Waals surface area contributed by atoms with E-state index in [1.165, 1.54) is 51.6 Å². The first-order chi connectivity index (χ1) is 32.5. The molecule has 0 saturated carbocycles. The second-order valence-electron chi connectivity index (χ2n) is 14.5. The van der Waals surface area contributed by atoms with Crippen molar-refractivity contribution in [2.45, 2.75) is 25.7 Å². The Labute approximate surface area is 398 Å². The molecule has 0 aliphatic carbocycles. The number of pyridine rings is 4. The highest BCUT2D eigenvalue weighted by atomic mass is 35.5. The molecule has 336 valence electrons. The third-order valence-corrected chi connectivity index (χ3v) is 12.4. The van der Waals surface area contributed by atoms with Crippen LogP contribution in [0, 0.1) is 0 Å². The summed E-state index contributed by atoms with van der Waals surface area (Å²) in [7, 11) is 0. The molecule has 0 aliphatic rings. The van der Waals surface area contributed by atoms with E-state index in [0.717, 1.165) is 60.2 Å². The molecule has 0 fully saturated rings. The van der Waals surface area contributed by atoms with Crippen molar-refractivity contribution in [2.24, 2.45) is 0 Å². The molecule has 0 spiro atoms. The van der Waals surface area contributed by atoms with Gasteiger partial charge in [0.15, 0.2) is 5.76 Å². The Morgan fingerprint density at radius 2 is 1.19 bits per heavy atom. The van der Waals surface area contributed by atoms with Crippen LogP contribution >= 0.6 is 45.9 Å². The molecule has 0 saturated heterocycles. The number of aromatic nitrogens is 8. The number of nitrogens with zero attached hydrogens (tertiary/aromatic N) is 5. The monoisotopic (exact) mass is 970 g/mol. The van der Waals surface area contributed by atoms with Gasteiger partial charge in [-0.05, 0) is 123 Å². The number of hydrogen-bond donors (Lipinski definition) is 4. The van der Waals surface area contributed by atoms with Crippen LogP contribution in [-0.4, -0.2) is 56.9 Å². The molecular formula is C48H36Cl2N8O7S2. The normalized spacial score (nSPS) is 10.8. The van der Waals surface area contributed by atoms with Gasteiger partial charge in [0.25, 0.3) is 0 Å². The number of halogens is 2. The minimum atomic E-state index is -1.03. The molecular weight excluding hydrogens is 936 g/mol. The van der Waals surface area contributed by atoms with Gasteiger partial charge in [0.2, 0.25) is 16.9 Å². The van der Waals surface area contributed by atoms with E-state index in [1.54, 1.807) is 60.4 Å². The number of thiophene rings is 2. The van der Waals surface area contributed by atoms with Crippen LogP contribution in [0.3, 0.4) is 0 Å². The molecule has 0 aliphatic heterocycles. The molecule has 19 heteroatoms.